The van der Waals surface area contributed by atoms with Crippen LogP contribution in [0, 0.1) is 0 Å². The zero-order chi connectivity index (χ0) is 14.5. The molecule has 0 aliphatic carbocycles. The second kappa shape index (κ2) is 6.47. The van der Waals surface area contributed by atoms with E-state index < -0.39 is 0 Å². The fourth-order valence-electron chi connectivity index (χ4n) is 1.74. The van der Waals surface area contributed by atoms with Gasteiger partial charge in [-0.15, -0.1) is 0 Å². The standard InChI is InChI=1S/C13H16ClN3O3/c1-2-3-4-15-13(19)17-9-6-11-10(5-8(9)14)16-12(18)7-20-11/h5-6H,2-4,7H2,1H3,(H,16,18)(H2,15,17,19). The summed E-state index contributed by atoms with van der Waals surface area (Å²) < 4.78 is 5.27. The van der Waals surface area contributed by atoms with Gasteiger partial charge in [0.2, 0.25) is 0 Å². The number of carbonyl (C=O) groups excluding carboxylic acids is 2. The predicted octanol–water partition coefficient (Wildman–Crippen LogP) is 2.59. The molecule has 3 N–H and O–H groups in total. The van der Waals surface area contributed by atoms with Crippen molar-refractivity contribution in [1.29, 1.82) is 0 Å². The van der Waals surface area contributed by atoms with Crippen LogP contribution in [0.1, 0.15) is 19.8 Å². The smallest absolute Gasteiger partial charge is 0.319 e. The monoisotopic (exact) mass is 297 g/mol. The van der Waals surface area contributed by atoms with E-state index in [-0.39, 0.29) is 18.5 Å². The molecule has 3 amide bonds. The number of fused-ring (bicyclic) bond motifs is 1. The summed E-state index contributed by atoms with van der Waals surface area (Å²) in [6, 6.07) is 2.83. The lowest BCUT2D eigenvalue weighted by Gasteiger charge is -2.19. The highest BCUT2D eigenvalue weighted by atomic mass is 35.5. The lowest BCUT2D eigenvalue weighted by atomic mass is 10.2. The highest BCUT2D eigenvalue weighted by Gasteiger charge is 2.18. The average Bonchev–Trinajstić information content (AvgIpc) is 2.40. The fourth-order valence-corrected chi connectivity index (χ4v) is 1.95. The first kappa shape index (κ1) is 14.5. The normalized spacial score (nSPS) is 13.0. The summed E-state index contributed by atoms with van der Waals surface area (Å²) in [5, 5.41) is 8.36. The van der Waals surface area contributed by atoms with Gasteiger partial charge in [-0.2, -0.15) is 0 Å². The molecule has 1 aliphatic heterocycles. The van der Waals surface area contributed by atoms with Crippen molar-refractivity contribution in [3.05, 3.63) is 17.2 Å². The van der Waals surface area contributed by atoms with Gasteiger partial charge in [0.1, 0.15) is 5.75 Å². The highest BCUT2D eigenvalue weighted by molar-refractivity contribution is 6.34. The Balaban J connectivity index is 2.05. The van der Waals surface area contributed by atoms with Gasteiger partial charge in [0.25, 0.3) is 5.91 Å². The first-order valence-corrected chi connectivity index (χ1v) is 6.79. The Morgan fingerprint density at radius 1 is 1.50 bits per heavy atom. The van der Waals surface area contributed by atoms with E-state index in [9.17, 15) is 9.59 Å². The summed E-state index contributed by atoms with van der Waals surface area (Å²) in [7, 11) is 0. The summed E-state index contributed by atoms with van der Waals surface area (Å²) >= 11 is 6.06. The molecule has 7 heteroatoms. The fraction of sp³-hybridized carbons (Fsp3) is 0.385. The van der Waals surface area contributed by atoms with Crippen LogP contribution in [-0.2, 0) is 4.79 Å². The highest BCUT2D eigenvalue weighted by Crippen LogP contribution is 2.36. The summed E-state index contributed by atoms with van der Waals surface area (Å²) in [6.07, 6.45) is 1.92. The van der Waals surface area contributed by atoms with Crippen molar-refractivity contribution < 1.29 is 14.3 Å². The number of benzene rings is 1. The van der Waals surface area contributed by atoms with Gasteiger partial charge < -0.3 is 20.7 Å². The first-order chi connectivity index (χ1) is 9.60. The maximum absolute atomic E-state index is 11.7. The van der Waals surface area contributed by atoms with Crippen LogP contribution in [0.3, 0.4) is 0 Å². The number of halogens is 1. The SMILES string of the molecule is CCCCNC(=O)Nc1cc2c(cc1Cl)NC(=O)CO2. The van der Waals surface area contributed by atoms with Gasteiger partial charge in [0.05, 0.1) is 16.4 Å². The number of hydrogen-bond donors (Lipinski definition) is 3. The number of nitrogens with one attached hydrogen (secondary N) is 3. The topological polar surface area (TPSA) is 79.5 Å². The van der Waals surface area contributed by atoms with Crippen molar-refractivity contribution in [3.8, 4) is 5.75 Å². The molecule has 1 aromatic carbocycles. The first-order valence-electron chi connectivity index (χ1n) is 6.41. The summed E-state index contributed by atoms with van der Waals surface area (Å²) in [6.45, 7) is 2.61. The van der Waals surface area contributed by atoms with Gasteiger partial charge >= 0.3 is 6.03 Å². The molecule has 1 aliphatic rings. The number of urea groups is 1. The van der Waals surface area contributed by atoms with Crippen LogP contribution in [0.25, 0.3) is 0 Å². The Morgan fingerprint density at radius 2 is 2.30 bits per heavy atom. The second-order valence-corrected chi connectivity index (χ2v) is 4.81. The summed E-state index contributed by atoms with van der Waals surface area (Å²) in [4.78, 5) is 22.9. The van der Waals surface area contributed by atoms with Gasteiger partial charge in [-0.1, -0.05) is 24.9 Å². The number of amides is 3. The van der Waals surface area contributed by atoms with Gasteiger partial charge in [0.15, 0.2) is 6.61 Å². The molecule has 0 bridgehead atoms. The van der Waals surface area contributed by atoms with Crippen LogP contribution in [0.5, 0.6) is 5.75 Å². The number of carbonyl (C=O) groups is 2. The van der Waals surface area contributed by atoms with E-state index in [0.717, 1.165) is 12.8 Å². The van der Waals surface area contributed by atoms with E-state index in [1.165, 1.54) is 0 Å². The average molecular weight is 298 g/mol. The van der Waals surface area contributed by atoms with E-state index in [1.54, 1.807) is 12.1 Å². The molecule has 108 valence electrons. The van der Waals surface area contributed by atoms with Crippen LogP contribution in [0.15, 0.2) is 12.1 Å². The zero-order valence-corrected chi connectivity index (χ0v) is 11.8. The molecule has 1 heterocycles. The molecule has 0 spiro atoms. The van der Waals surface area contributed by atoms with Crippen molar-refractivity contribution in [3.63, 3.8) is 0 Å². The molecule has 0 saturated heterocycles. The van der Waals surface area contributed by atoms with Gasteiger partial charge in [-0.3, -0.25) is 4.79 Å². The largest absolute Gasteiger partial charge is 0.482 e. The summed E-state index contributed by atoms with van der Waals surface area (Å²) in [5.74, 6) is 0.254. The minimum absolute atomic E-state index is 0.0449. The predicted molar refractivity (Wildman–Crippen MR) is 77.5 cm³/mol. The lowest BCUT2D eigenvalue weighted by molar-refractivity contribution is -0.118. The molecular formula is C13H16ClN3O3. The molecule has 0 saturated carbocycles. The van der Waals surface area contributed by atoms with Crippen LogP contribution in [0.2, 0.25) is 5.02 Å². The van der Waals surface area contributed by atoms with E-state index in [0.29, 0.717) is 28.7 Å². The Bertz CT molecular complexity index is 534. The molecule has 6 nitrogen and oxygen atoms in total. The van der Waals surface area contributed by atoms with E-state index in [1.807, 2.05) is 6.92 Å². The number of hydrogen-bond acceptors (Lipinski definition) is 3. The number of ether oxygens (including phenoxy) is 1. The minimum atomic E-state index is -0.319. The van der Waals surface area contributed by atoms with Crippen molar-refractivity contribution in [2.24, 2.45) is 0 Å². The molecular weight excluding hydrogens is 282 g/mol. The molecule has 0 fully saturated rings. The Morgan fingerprint density at radius 3 is 3.05 bits per heavy atom. The zero-order valence-electron chi connectivity index (χ0n) is 11.1. The Hall–Kier alpha value is -1.95. The van der Waals surface area contributed by atoms with Gasteiger partial charge in [-0.05, 0) is 12.5 Å². The molecule has 1 aromatic rings. The van der Waals surface area contributed by atoms with Crippen LogP contribution in [0.4, 0.5) is 16.2 Å². The maximum Gasteiger partial charge on any atom is 0.319 e. The maximum atomic E-state index is 11.7. The van der Waals surface area contributed by atoms with Crippen LogP contribution in [-0.4, -0.2) is 25.1 Å². The minimum Gasteiger partial charge on any atom is -0.482 e. The molecule has 0 radical (unpaired) electrons. The van der Waals surface area contributed by atoms with E-state index in [4.69, 9.17) is 16.3 Å². The van der Waals surface area contributed by atoms with E-state index in [2.05, 4.69) is 16.0 Å². The van der Waals surface area contributed by atoms with Crippen molar-refractivity contribution in [1.82, 2.24) is 5.32 Å². The van der Waals surface area contributed by atoms with Crippen molar-refractivity contribution in [2.45, 2.75) is 19.8 Å². The third kappa shape index (κ3) is 3.54. The molecule has 0 unspecified atom stereocenters. The number of rotatable bonds is 4. The van der Waals surface area contributed by atoms with Gasteiger partial charge in [-0.25, -0.2) is 4.79 Å². The van der Waals surface area contributed by atoms with E-state index >= 15 is 0 Å². The second-order valence-electron chi connectivity index (χ2n) is 4.40. The van der Waals surface area contributed by atoms with Gasteiger partial charge in [0, 0.05) is 12.6 Å². The molecule has 0 aromatic heterocycles. The van der Waals surface area contributed by atoms with Crippen LogP contribution < -0.4 is 20.7 Å². The van der Waals surface area contributed by atoms with Crippen LogP contribution >= 0.6 is 11.6 Å². The Labute approximate surface area is 121 Å². The third-order valence-electron chi connectivity index (χ3n) is 2.77. The number of anilines is 2. The quantitative estimate of drug-likeness (QED) is 0.747. The van der Waals surface area contributed by atoms with Crippen molar-refractivity contribution in [2.75, 3.05) is 23.8 Å². The molecule has 2 rings (SSSR count). The molecule has 0 atom stereocenters. The number of unbranched alkanes of at least 4 members (excludes halogenated alkanes) is 1. The summed E-state index contributed by atoms with van der Waals surface area (Å²) in [5.41, 5.74) is 0.943. The Kier molecular flexibility index (Phi) is 4.68. The molecule has 20 heavy (non-hydrogen) atoms. The van der Waals surface area contributed by atoms with Crippen molar-refractivity contribution >= 4 is 34.9 Å². The lowest BCUT2D eigenvalue weighted by Crippen LogP contribution is -2.30. The third-order valence-corrected chi connectivity index (χ3v) is 3.08.